The minimum atomic E-state index is -4.87. The summed E-state index contributed by atoms with van der Waals surface area (Å²) in [5, 5.41) is 0. The number of halogens is 2. The summed E-state index contributed by atoms with van der Waals surface area (Å²) in [4.78, 5) is 0. The van der Waals surface area contributed by atoms with Crippen molar-refractivity contribution < 1.29 is 16.8 Å². The second-order valence-corrected chi connectivity index (χ2v) is 27.1. The van der Waals surface area contributed by atoms with Crippen molar-refractivity contribution in [3.8, 4) is 0 Å². The molecule has 0 amide bonds. The predicted molar refractivity (Wildman–Crippen MR) is 131 cm³/mol. The Labute approximate surface area is 184 Å². The van der Waals surface area contributed by atoms with E-state index in [0.29, 0.717) is 0 Å². The molecule has 0 unspecified atom stereocenters. The van der Waals surface area contributed by atoms with Gasteiger partial charge in [0.05, 0.1) is 0 Å². The molecule has 151 valence electrons. The Balaban J connectivity index is 0.00000120. The van der Waals surface area contributed by atoms with Crippen LogP contribution in [0.2, 0.25) is 0 Å². The Kier molecular flexibility index (Phi) is 5.76. The van der Waals surface area contributed by atoms with Gasteiger partial charge in [0.2, 0.25) is 0 Å². The molecule has 0 saturated heterocycles. The maximum absolute atomic E-state index is 5.60. The first-order chi connectivity index (χ1) is 13.2. The number of allylic oxidation sites excluding steroid dienone is 20. The standard InChI is InChI=1S/5C5H5.CH2.2ClH.Zr/c5*1-2-4-5-3-1;;;;/h5*1-3H,4H2;1H2;2*1H;. The molecule has 0 N–H and O–H groups in total. The van der Waals surface area contributed by atoms with Gasteiger partial charge in [0.15, 0.2) is 0 Å². The van der Waals surface area contributed by atoms with Crippen LogP contribution in [0.15, 0.2) is 108 Å². The predicted octanol–water partition coefficient (Wildman–Crippen LogP) is 7.71. The Hall–Kier alpha value is -1.27. The molecule has 0 bridgehead atoms. The van der Waals surface area contributed by atoms with Crippen LogP contribution in [0.25, 0.3) is 0 Å². The van der Waals surface area contributed by atoms with E-state index in [9.17, 15) is 0 Å². The van der Waals surface area contributed by atoms with Gasteiger partial charge in [-0.2, -0.15) is 0 Å². The second kappa shape index (κ2) is 7.45. The second-order valence-electron chi connectivity index (χ2n) is 8.75. The minimum absolute atomic E-state index is 0. The zero-order valence-electron chi connectivity index (χ0n) is 16.7. The van der Waals surface area contributed by atoms with Crippen LogP contribution < -0.4 is 0 Å². The van der Waals surface area contributed by atoms with Gasteiger partial charge in [-0.1, -0.05) is 0 Å². The van der Waals surface area contributed by atoms with Crippen molar-refractivity contribution in [1.29, 1.82) is 0 Å². The normalized spacial score (nSPS) is 23.7. The molecule has 3 heteroatoms. The topological polar surface area (TPSA) is 0 Å². The van der Waals surface area contributed by atoms with Gasteiger partial charge in [0.25, 0.3) is 0 Å². The SMILES string of the molecule is Cl.Cl.[CH2]=[Zr]([C]1=CC=CC1)([C]1=CC=CC1)([C]1=CC=CC1)([C]1=CC=CC1)[C]1=CC=CC1. The molecule has 0 spiro atoms. The Morgan fingerprint density at radius 1 is 0.448 bits per heavy atom. The van der Waals surface area contributed by atoms with Crippen LogP contribution in [0.5, 0.6) is 0 Å². The summed E-state index contributed by atoms with van der Waals surface area (Å²) < 4.78 is 13.6. The van der Waals surface area contributed by atoms with Gasteiger partial charge in [-0.25, -0.2) is 0 Å². The van der Waals surface area contributed by atoms with Crippen LogP contribution in [0.3, 0.4) is 0 Å². The first kappa shape index (κ1) is 22.4. The molecular weight excluding hydrogens is 474 g/mol. The molecule has 0 saturated carbocycles. The van der Waals surface area contributed by atoms with E-state index in [0.717, 1.165) is 32.1 Å². The molecule has 29 heavy (non-hydrogen) atoms. The molecule has 0 aliphatic heterocycles. The maximum atomic E-state index is 5.60. The van der Waals surface area contributed by atoms with Gasteiger partial charge in [-0.15, -0.1) is 24.8 Å². The van der Waals surface area contributed by atoms with Gasteiger partial charge in [-0.3, -0.25) is 0 Å². The van der Waals surface area contributed by atoms with Crippen molar-refractivity contribution in [2.45, 2.75) is 32.1 Å². The van der Waals surface area contributed by atoms with Crippen molar-refractivity contribution in [1.82, 2.24) is 0 Å². The molecule has 0 heterocycles. The third-order valence-electron chi connectivity index (χ3n) is 8.20. The van der Waals surface area contributed by atoms with Gasteiger partial charge in [-0.05, 0) is 0 Å². The fourth-order valence-corrected chi connectivity index (χ4v) is 31.9. The fraction of sp³-hybridized carbons (Fsp3) is 0.192. The molecule has 0 radical (unpaired) electrons. The van der Waals surface area contributed by atoms with Crippen molar-refractivity contribution >= 4 is 29.0 Å². The molecule has 0 atom stereocenters. The van der Waals surface area contributed by atoms with Gasteiger partial charge < -0.3 is 0 Å². The van der Waals surface area contributed by atoms with E-state index in [1.807, 2.05) is 0 Å². The van der Waals surface area contributed by atoms with Crippen LogP contribution in [0, 0.1) is 0 Å². The Morgan fingerprint density at radius 3 is 0.793 bits per heavy atom. The molecule has 0 aromatic carbocycles. The number of rotatable bonds is 5. The first-order valence-electron chi connectivity index (χ1n) is 10.2. The molecule has 0 aromatic heterocycles. The monoisotopic (exact) mass is 501 g/mol. The molecule has 0 fully saturated rings. The average molecular weight is 504 g/mol. The molecule has 0 nitrogen and oxygen atoms in total. The van der Waals surface area contributed by atoms with E-state index >= 15 is 0 Å². The summed E-state index contributed by atoms with van der Waals surface area (Å²) in [6.45, 7) is 0. The van der Waals surface area contributed by atoms with Crippen LogP contribution in [-0.4, -0.2) is 4.21 Å². The van der Waals surface area contributed by atoms with E-state index in [2.05, 4.69) is 91.1 Å². The van der Waals surface area contributed by atoms with E-state index in [-0.39, 0.29) is 24.8 Å². The summed E-state index contributed by atoms with van der Waals surface area (Å²) in [6.07, 6.45) is 40.4. The summed E-state index contributed by atoms with van der Waals surface area (Å²) in [5.41, 5.74) is 0. The van der Waals surface area contributed by atoms with E-state index < -0.39 is 16.8 Å². The van der Waals surface area contributed by atoms with Crippen molar-refractivity contribution in [3.63, 3.8) is 0 Å². The first-order valence-corrected chi connectivity index (χ1v) is 18.1. The van der Waals surface area contributed by atoms with Gasteiger partial charge in [0.1, 0.15) is 0 Å². The average Bonchev–Trinajstić information content (AvgIpc) is 3.56. The van der Waals surface area contributed by atoms with E-state index in [4.69, 9.17) is 4.21 Å². The van der Waals surface area contributed by atoms with Crippen molar-refractivity contribution in [3.05, 3.63) is 108 Å². The summed E-state index contributed by atoms with van der Waals surface area (Å²) >= 11 is -4.87. The molecule has 5 aliphatic carbocycles. The zero-order valence-corrected chi connectivity index (χ0v) is 20.8. The van der Waals surface area contributed by atoms with Crippen LogP contribution >= 0.6 is 24.8 Å². The quantitative estimate of drug-likeness (QED) is 0.361. The van der Waals surface area contributed by atoms with Crippen LogP contribution in [-0.2, 0) is 16.8 Å². The zero-order chi connectivity index (χ0) is 18.4. The van der Waals surface area contributed by atoms with Gasteiger partial charge in [0, 0.05) is 0 Å². The molecule has 5 aliphatic rings. The van der Waals surface area contributed by atoms with Crippen LogP contribution in [0.4, 0.5) is 0 Å². The molecule has 5 rings (SSSR count). The summed E-state index contributed by atoms with van der Waals surface area (Å²) in [7, 11) is 0. The van der Waals surface area contributed by atoms with E-state index in [1.54, 1.807) is 16.4 Å². The van der Waals surface area contributed by atoms with Crippen molar-refractivity contribution in [2.24, 2.45) is 0 Å². The fourth-order valence-electron chi connectivity index (χ4n) is 6.81. The van der Waals surface area contributed by atoms with Crippen molar-refractivity contribution in [2.75, 3.05) is 0 Å². The third-order valence-corrected chi connectivity index (χ3v) is 34.1. The molecular formula is C26H29Cl2Zr. The number of hydrogen-bond acceptors (Lipinski definition) is 0. The Bertz CT molecular complexity index is 922. The summed E-state index contributed by atoms with van der Waals surface area (Å²) in [5.74, 6) is 0. The van der Waals surface area contributed by atoms with E-state index in [1.165, 1.54) is 0 Å². The number of hydrogen-bond donors (Lipinski definition) is 0. The molecule has 0 aromatic rings. The van der Waals surface area contributed by atoms with Crippen LogP contribution in [0.1, 0.15) is 32.1 Å². The summed E-state index contributed by atoms with van der Waals surface area (Å²) in [6, 6.07) is 0. The Morgan fingerprint density at radius 2 is 0.655 bits per heavy atom. The third kappa shape index (κ3) is 2.33. The van der Waals surface area contributed by atoms with Gasteiger partial charge >= 0.3 is 161 Å².